The minimum absolute atomic E-state index is 0.157. The molecule has 0 N–H and O–H groups in total. The second-order valence-electron chi connectivity index (χ2n) is 8.12. The molecule has 0 aliphatic carbocycles. The summed E-state index contributed by atoms with van der Waals surface area (Å²) in [7, 11) is 0. The van der Waals surface area contributed by atoms with E-state index in [2.05, 4.69) is 15.1 Å². The van der Waals surface area contributed by atoms with Gasteiger partial charge in [-0.3, -0.25) is 14.5 Å². The fraction of sp³-hybridized carbons (Fsp3) is 0.160. The normalized spacial score (nSPS) is 13.8. The van der Waals surface area contributed by atoms with Gasteiger partial charge in [-0.2, -0.15) is 0 Å². The van der Waals surface area contributed by atoms with Crippen molar-refractivity contribution in [3.63, 3.8) is 0 Å². The first-order valence-electron chi connectivity index (χ1n) is 11.0. The predicted molar refractivity (Wildman–Crippen MR) is 124 cm³/mol. The second kappa shape index (κ2) is 9.61. The molecule has 182 valence electrons. The summed E-state index contributed by atoms with van der Waals surface area (Å²) in [6, 6.07) is 13.5. The first kappa shape index (κ1) is 23.2. The molecule has 2 amide bonds. The van der Waals surface area contributed by atoms with E-state index in [9.17, 15) is 22.8 Å². The zero-order valence-corrected chi connectivity index (χ0v) is 18.8. The fourth-order valence-electron chi connectivity index (χ4n) is 3.88. The number of benzene rings is 2. The van der Waals surface area contributed by atoms with Crippen LogP contribution in [0.1, 0.15) is 0 Å². The van der Waals surface area contributed by atoms with Crippen LogP contribution in [-0.2, 0) is 16.1 Å². The number of amides is 2. The highest BCUT2D eigenvalue weighted by Gasteiger charge is 2.29. The molecule has 1 aliphatic heterocycles. The molecule has 0 atom stereocenters. The Hall–Kier alpha value is -4.54. The smallest absolute Gasteiger partial charge is 0.247 e. The van der Waals surface area contributed by atoms with Crippen molar-refractivity contribution in [3.05, 3.63) is 84.3 Å². The Labute approximate surface area is 203 Å². The first-order chi connectivity index (χ1) is 17.4. The minimum atomic E-state index is -0.511. The summed E-state index contributed by atoms with van der Waals surface area (Å²) in [5, 5.41) is 4.43. The molecule has 8 nitrogen and oxygen atoms in total. The average molecular weight is 492 g/mol. The van der Waals surface area contributed by atoms with Crippen LogP contribution in [0.2, 0.25) is 0 Å². The number of nitrogens with zero attached hydrogens (tertiary/aromatic N) is 6. The summed E-state index contributed by atoms with van der Waals surface area (Å²) in [6.45, 7) is -0.0625. The Morgan fingerprint density at radius 2 is 1.53 bits per heavy atom. The van der Waals surface area contributed by atoms with E-state index in [4.69, 9.17) is 0 Å². The van der Waals surface area contributed by atoms with Crippen LogP contribution in [0.3, 0.4) is 0 Å². The summed E-state index contributed by atoms with van der Waals surface area (Å²) in [5.41, 5.74) is 1.07. The highest BCUT2D eigenvalue weighted by atomic mass is 19.1. The number of rotatable bonds is 5. The van der Waals surface area contributed by atoms with Gasteiger partial charge in [-0.1, -0.05) is 0 Å². The Morgan fingerprint density at radius 1 is 0.861 bits per heavy atom. The van der Waals surface area contributed by atoms with E-state index in [1.54, 1.807) is 0 Å². The van der Waals surface area contributed by atoms with E-state index < -0.39 is 23.4 Å². The van der Waals surface area contributed by atoms with E-state index >= 15 is 0 Å². The number of hydrogen-bond donors (Lipinski definition) is 0. The molecular weight excluding hydrogens is 473 g/mol. The van der Waals surface area contributed by atoms with Crippen molar-refractivity contribution in [2.75, 3.05) is 24.5 Å². The molecule has 0 bridgehead atoms. The van der Waals surface area contributed by atoms with Gasteiger partial charge in [0.25, 0.3) is 0 Å². The van der Waals surface area contributed by atoms with E-state index in [1.807, 2.05) is 0 Å². The van der Waals surface area contributed by atoms with E-state index in [1.165, 1.54) is 75.3 Å². The summed E-state index contributed by atoms with van der Waals surface area (Å²) in [4.78, 5) is 37.0. The third kappa shape index (κ3) is 4.81. The summed E-state index contributed by atoms with van der Waals surface area (Å²) < 4.78 is 41.8. The zero-order chi connectivity index (χ0) is 25.2. The lowest BCUT2D eigenvalue weighted by Gasteiger charge is -2.33. The Morgan fingerprint density at radius 3 is 2.17 bits per heavy atom. The summed E-state index contributed by atoms with van der Waals surface area (Å²) in [6.07, 6.45) is 1.27. The molecule has 0 saturated carbocycles. The Kier molecular flexibility index (Phi) is 6.19. The summed E-state index contributed by atoms with van der Waals surface area (Å²) >= 11 is 0. The van der Waals surface area contributed by atoms with Crippen LogP contribution in [0, 0.1) is 17.5 Å². The van der Waals surface area contributed by atoms with Gasteiger partial charge in [-0.25, -0.2) is 27.8 Å². The van der Waals surface area contributed by atoms with Gasteiger partial charge in [-0.05, 0) is 54.6 Å². The van der Waals surface area contributed by atoms with E-state index in [0.717, 1.165) is 6.07 Å². The number of halogens is 3. The van der Waals surface area contributed by atoms with Crippen LogP contribution in [0.5, 0.6) is 0 Å². The molecule has 0 radical (unpaired) electrons. The zero-order valence-electron chi connectivity index (χ0n) is 18.8. The lowest BCUT2D eigenvalue weighted by atomic mass is 10.2. The van der Waals surface area contributed by atoms with Crippen molar-refractivity contribution >= 4 is 17.6 Å². The molecule has 1 aliphatic rings. The Balaban J connectivity index is 1.38. The number of pyridine rings is 1. The maximum absolute atomic E-state index is 13.5. The molecule has 1 saturated heterocycles. The van der Waals surface area contributed by atoms with Crippen LogP contribution in [0.15, 0.2) is 66.9 Å². The molecule has 1 fully saturated rings. The van der Waals surface area contributed by atoms with Gasteiger partial charge in [0.1, 0.15) is 36.4 Å². The standard InChI is InChI=1S/C25H19F3N6O2/c26-18-5-1-16(2-6-18)24-30-25(17-3-7-19(27)8-4-17)34(31-24)15-22(35)32-11-12-33(23(36)14-32)21-13-20(28)9-10-29-21/h1-10,13H,11-12,14-15H2. The van der Waals surface area contributed by atoms with Gasteiger partial charge in [0, 0.05) is 36.5 Å². The molecule has 36 heavy (non-hydrogen) atoms. The SMILES string of the molecule is O=C(Cn1nc(-c2ccc(F)cc2)nc1-c1ccc(F)cc1)N1CCN(c2cc(F)ccn2)C(=O)C1. The molecule has 2 aromatic carbocycles. The van der Waals surface area contributed by atoms with E-state index in [-0.39, 0.29) is 43.7 Å². The van der Waals surface area contributed by atoms with Crippen molar-refractivity contribution in [1.29, 1.82) is 0 Å². The maximum atomic E-state index is 13.5. The van der Waals surface area contributed by atoms with Gasteiger partial charge in [-0.15, -0.1) is 5.10 Å². The molecular formula is C25H19F3N6O2. The summed E-state index contributed by atoms with van der Waals surface area (Å²) in [5.74, 6) is -1.36. The van der Waals surface area contributed by atoms with Crippen molar-refractivity contribution in [1.82, 2.24) is 24.6 Å². The molecule has 5 rings (SSSR count). The largest absolute Gasteiger partial charge is 0.330 e. The number of aromatic nitrogens is 4. The molecule has 3 heterocycles. The highest BCUT2D eigenvalue weighted by molar-refractivity contribution is 5.97. The maximum Gasteiger partial charge on any atom is 0.247 e. The number of hydrogen-bond acceptors (Lipinski definition) is 5. The fourth-order valence-corrected chi connectivity index (χ4v) is 3.88. The number of piperazine rings is 1. The van der Waals surface area contributed by atoms with Crippen molar-refractivity contribution in [3.8, 4) is 22.8 Å². The number of carbonyl (C=O) groups excluding carboxylic acids is 2. The molecule has 11 heteroatoms. The second-order valence-corrected chi connectivity index (χ2v) is 8.12. The topological polar surface area (TPSA) is 84.2 Å². The number of anilines is 1. The van der Waals surface area contributed by atoms with Crippen molar-refractivity contribution < 1.29 is 22.8 Å². The monoisotopic (exact) mass is 492 g/mol. The van der Waals surface area contributed by atoms with Crippen molar-refractivity contribution in [2.24, 2.45) is 0 Å². The number of carbonyl (C=O) groups is 2. The molecule has 4 aromatic rings. The van der Waals surface area contributed by atoms with Crippen LogP contribution >= 0.6 is 0 Å². The van der Waals surface area contributed by atoms with Crippen LogP contribution in [0.25, 0.3) is 22.8 Å². The first-order valence-corrected chi connectivity index (χ1v) is 11.0. The molecule has 0 spiro atoms. The van der Waals surface area contributed by atoms with Gasteiger partial charge >= 0.3 is 0 Å². The van der Waals surface area contributed by atoms with Crippen LogP contribution in [-0.4, -0.2) is 56.1 Å². The lowest BCUT2D eigenvalue weighted by molar-refractivity contribution is -0.137. The van der Waals surface area contributed by atoms with E-state index in [0.29, 0.717) is 17.0 Å². The lowest BCUT2D eigenvalue weighted by Crippen LogP contribution is -2.53. The Bertz CT molecular complexity index is 1420. The third-order valence-electron chi connectivity index (χ3n) is 5.72. The van der Waals surface area contributed by atoms with Crippen LogP contribution < -0.4 is 4.90 Å². The minimum Gasteiger partial charge on any atom is -0.330 e. The predicted octanol–water partition coefficient (Wildman–Crippen LogP) is 3.30. The van der Waals surface area contributed by atoms with Crippen LogP contribution in [0.4, 0.5) is 19.0 Å². The van der Waals surface area contributed by atoms with Gasteiger partial charge in [0.2, 0.25) is 11.8 Å². The third-order valence-corrected chi connectivity index (χ3v) is 5.72. The molecule has 0 unspecified atom stereocenters. The highest BCUT2D eigenvalue weighted by Crippen LogP contribution is 2.24. The van der Waals surface area contributed by atoms with Gasteiger partial charge < -0.3 is 4.90 Å². The quantitative estimate of drug-likeness (QED) is 0.427. The van der Waals surface area contributed by atoms with Gasteiger partial charge in [0.05, 0.1) is 0 Å². The molecule has 2 aromatic heterocycles. The average Bonchev–Trinajstić information content (AvgIpc) is 3.28. The van der Waals surface area contributed by atoms with Gasteiger partial charge in [0.15, 0.2) is 11.6 Å². The van der Waals surface area contributed by atoms with Crippen molar-refractivity contribution in [2.45, 2.75) is 6.54 Å².